The van der Waals surface area contributed by atoms with Crippen molar-refractivity contribution in [2.45, 2.75) is 4.21 Å². The molecular formula is C21H14F2N4O2S2. The van der Waals surface area contributed by atoms with Gasteiger partial charge in [-0.1, -0.05) is 0 Å². The van der Waals surface area contributed by atoms with E-state index in [1.54, 1.807) is 24.5 Å². The van der Waals surface area contributed by atoms with Crippen molar-refractivity contribution in [1.29, 1.82) is 0 Å². The number of imidazole rings is 1. The molecule has 0 spiro atoms. The molecule has 5 rings (SSSR count). The molecule has 0 aliphatic rings. The second-order valence-corrected chi connectivity index (χ2v) is 10.3. The van der Waals surface area contributed by atoms with Crippen molar-refractivity contribution >= 4 is 26.8 Å². The Labute approximate surface area is 179 Å². The Morgan fingerprint density at radius 1 is 1.06 bits per heavy atom. The van der Waals surface area contributed by atoms with E-state index in [0.717, 1.165) is 22.2 Å². The fourth-order valence-electron chi connectivity index (χ4n) is 3.38. The van der Waals surface area contributed by atoms with E-state index in [4.69, 9.17) is 0 Å². The van der Waals surface area contributed by atoms with Gasteiger partial charge in [0.15, 0.2) is 9.84 Å². The molecule has 4 heterocycles. The van der Waals surface area contributed by atoms with Crippen LogP contribution in [0.1, 0.15) is 0 Å². The molecule has 6 nitrogen and oxygen atoms in total. The number of nitrogens with one attached hydrogen (secondary N) is 1. The molecule has 0 radical (unpaired) electrons. The minimum Gasteiger partial charge on any atom is -0.298 e. The largest absolute Gasteiger partial charge is 0.298 e. The Hall–Kier alpha value is -3.37. The van der Waals surface area contributed by atoms with Crippen molar-refractivity contribution in [3.05, 3.63) is 72.7 Å². The Kier molecular flexibility index (Phi) is 4.49. The number of aromatic nitrogens is 4. The zero-order chi connectivity index (χ0) is 21.8. The number of sulfone groups is 1. The number of H-pyrrole nitrogens is 1. The summed E-state index contributed by atoms with van der Waals surface area (Å²) >= 11 is 1.17. The first kappa shape index (κ1) is 19.6. The third kappa shape index (κ3) is 3.43. The highest BCUT2D eigenvalue weighted by atomic mass is 32.2. The maximum absolute atomic E-state index is 14.3. The molecule has 1 N–H and O–H groups in total. The van der Waals surface area contributed by atoms with E-state index in [-0.39, 0.29) is 9.77 Å². The number of pyridine rings is 1. The molecule has 0 amide bonds. The van der Waals surface area contributed by atoms with Gasteiger partial charge in [0, 0.05) is 41.4 Å². The molecule has 0 atom stereocenters. The van der Waals surface area contributed by atoms with Crippen LogP contribution in [0.4, 0.5) is 8.78 Å². The molecule has 10 heteroatoms. The lowest BCUT2D eigenvalue weighted by Gasteiger charge is -2.06. The zero-order valence-corrected chi connectivity index (χ0v) is 17.6. The quantitative estimate of drug-likeness (QED) is 0.421. The first-order valence-electron chi connectivity index (χ1n) is 9.08. The Bertz CT molecular complexity index is 1550. The van der Waals surface area contributed by atoms with Gasteiger partial charge >= 0.3 is 0 Å². The Balaban J connectivity index is 1.63. The first-order chi connectivity index (χ1) is 14.8. The van der Waals surface area contributed by atoms with Gasteiger partial charge in [-0.3, -0.25) is 9.50 Å². The summed E-state index contributed by atoms with van der Waals surface area (Å²) in [6, 6.07) is 10.3. The lowest BCUT2D eigenvalue weighted by atomic mass is 10.0. The topological polar surface area (TPSA) is 80.1 Å². The van der Waals surface area contributed by atoms with E-state index in [1.165, 1.54) is 29.7 Å². The maximum Gasteiger partial charge on any atom is 0.184 e. The average Bonchev–Trinajstić information content (AvgIpc) is 3.45. The van der Waals surface area contributed by atoms with Crippen molar-refractivity contribution in [2.24, 2.45) is 0 Å². The molecule has 156 valence electrons. The summed E-state index contributed by atoms with van der Waals surface area (Å²) in [5.74, 6) is -1.36. The van der Waals surface area contributed by atoms with Crippen LogP contribution in [-0.2, 0) is 9.84 Å². The molecule has 4 aromatic heterocycles. The van der Waals surface area contributed by atoms with Gasteiger partial charge in [0.2, 0.25) is 0 Å². The number of fused-ring (bicyclic) bond motifs is 1. The van der Waals surface area contributed by atoms with E-state index in [2.05, 4.69) is 15.2 Å². The van der Waals surface area contributed by atoms with Crippen LogP contribution < -0.4 is 0 Å². The lowest BCUT2D eigenvalue weighted by Crippen LogP contribution is -1.92. The fourth-order valence-corrected chi connectivity index (χ4v) is 5.31. The summed E-state index contributed by atoms with van der Waals surface area (Å²) < 4.78 is 53.4. The summed E-state index contributed by atoms with van der Waals surface area (Å²) in [6.07, 6.45) is 6.31. The first-order valence-corrected chi connectivity index (χ1v) is 11.8. The maximum atomic E-state index is 14.3. The third-order valence-corrected chi connectivity index (χ3v) is 7.77. The highest BCUT2D eigenvalue weighted by molar-refractivity contribution is 7.92. The number of benzene rings is 1. The van der Waals surface area contributed by atoms with Crippen LogP contribution >= 0.6 is 11.3 Å². The second kappa shape index (κ2) is 7.10. The van der Waals surface area contributed by atoms with Crippen molar-refractivity contribution in [1.82, 2.24) is 19.6 Å². The number of halogens is 2. The standard InChI is InChI=1S/C21H14F2N4O2S2/c1-31(28,29)20-7-5-18(30-20)17-10-24-19-6-2-12(11-27(17)19)15-9-25-26-21(15)14-4-3-13(22)8-16(14)23/h2-11H,1H3,(H,25,26). The summed E-state index contributed by atoms with van der Waals surface area (Å²) in [5.41, 5.74) is 3.31. The lowest BCUT2D eigenvalue weighted by molar-refractivity contribution is 0.585. The molecule has 0 saturated carbocycles. The third-order valence-electron chi connectivity index (χ3n) is 4.84. The molecule has 0 aliphatic carbocycles. The van der Waals surface area contributed by atoms with Gasteiger partial charge in [0.25, 0.3) is 0 Å². The normalized spacial score (nSPS) is 12.0. The SMILES string of the molecule is CS(=O)(=O)c1ccc(-c2cnc3ccc(-c4c[nH]nc4-c4ccc(F)cc4F)cn23)s1. The van der Waals surface area contributed by atoms with Crippen LogP contribution in [0.5, 0.6) is 0 Å². The van der Waals surface area contributed by atoms with E-state index >= 15 is 0 Å². The van der Waals surface area contributed by atoms with Crippen LogP contribution in [0.3, 0.4) is 0 Å². The molecule has 0 bridgehead atoms. The van der Waals surface area contributed by atoms with E-state index in [9.17, 15) is 17.2 Å². The number of thiophene rings is 1. The minimum absolute atomic E-state index is 0.180. The molecular weight excluding hydrogens is 442 g/mol. The van der Waals surface area contributed by atoms with Crippen molar-refractivity contribution in [3.8, 4) is 33.0 Å². The molecule has 0 saturated heterocycles. The predicted octanol–water partition coefficient (Wildman–Crippen LogP) is 4.80. The van der Waals surface area contributed by atoms with E-state index in [1.807, 2.05) is 22.7 Å². The van der Waals surface area contributed by atoms with Crippen molar-refractivity contribution in [3.63, 3.8) is 0 Å². The number of nitrogens with zero attached hydrogens (tertiary/aromatic N) is 3. The number of rotatable bonds is 4. The van der Waals surface area contributed by atoms with Gasteiger partial charge in [-0.25, -0.2) is 22.2 Å². The predicted molar refractivity (Wildman–Crippen MR) is 115 cm³/mol. The summed E-state index contributed by atoms with van der Waals surface area (Å²) in [4.78, 5) is 5.14. The van der Waals surface area contributed by atoms with Gasteiger partial charge in [-0.15, -0.1) is 11.3 Å². The zero-order valence-electron chi connectivity index (χ0n) is 16.0. The van der Waals surface area contributed by atoms with Crippen molar-refractivity contribution < 1.29 is 17.2 Å². The number of hydrogen-bond acceptors (Lipinski definition) is 5. The highest BCUT2D eigenvalue weighted by Crippen LogP contribution is 2.35. The van der Waals surface area contributed by atoms with E-state index in [0.29, 0.717) is 16.9 Å². The molecule has 0 unspecified atom stereocenters. The van der Waals surface area contributed by atoms with Gasteiger partial charge < -0.3 is 0 Å². The highest BCUT2D eigenvalue weighted by Gasteiger charge is 2.18. The molecule has 0 aliphatic heterocycles. The Morgan fingerprint density at radius 2 is 1.90 bits per heavy atom. The summed E-state index contributed by atoms with van der Waals surface area (Å²) in [5, 5.41) is 6.90. The molecule has 1 aromatic carbocycles. The molecule has 5 aromatic rings. The van der Waals surface area contributed by atoms with Gasteiger partial charge in [0.1, 0.15) is 27.2 Å². The fraction of sp³-hybridized carbons (Fsp3) is 0.0476. The van der Waals surface area contributed by atoms with Gasteiger partial charge in [-0.2, -0.15) is 5.10 Å². The molecule has 0 fully saturated rings. The van der Waals surface area contributed by atoms with Crippen LogP contribution in [0.15, 0.2) is 65.3 Å². The van der Waals surface area contributed by atoms with Crippen molar-refractivity contribution in [2.75, 3.05) is 6.26 Å². The molecule has 31 heavy (non-hydrogen) atoms. The smallest absolute Gasteiger partial charge is 0.184 e. The second-order valence-electron chi connectivity index (χ2n) is 6.95. The van der Waals surface area contributed by atoms with Crippen LogP contribution in [0.2, 0.25) is 0 Å². The van der Waals surface area contributed by atoms with Crippen LogP contribution in [0, 0.1) is 11.6 Å². The van der Waals surface area contributed by atoms with Gasteiger partial charge in [-0.05, 0) is 36.4 Å². The monoisotopic (exact) mass is 456 g/mol. The number of hydrogen-bond donors (Lipinski definition) is 1. The minimum atomic E-state index is -3.30. The summed E-state index contributed by atoms with van der Waals surface area (Å²) in [6.45, 7) is 0. The van der Waals surface area contributed by atoms with Crippen LogP contribution in [-0.4, -0.2) is 34.3 Å². The average molecular weight is 456 g/mol. The summed E-state index contributed by atoms with van der Waals surface area (Å²) in [7, 11) is -3.30. The Morgan fingerprint density at radius 3 is 2.65 bits per heavy atom. The number of aromatic amines is 1. The van der Waals surface area contributed by atoms with E-state index < -0.39 is 21.5 Å². The van der Waals surface area contributed by atoms with Gasteiger partial charge in [0.05, 0.1) is 16.8 Å². The van der Waals surface area contributed by atoms with Crippen LogP contribution in [0.25, 0.3) is 38.6 Å².